The fourth-order valence-corrected chi connectivity index (χ4v) is 8.58. The summed E-state index contributed by atoms with van der Waals surface area (Å²) in [4.78, 5) is 58.3. The lowest BCUT2D eigenvalue weighted by Crippen LogP contribution is -2.43. The van der Waals surface area contributed by atoms with Gasteiger partial charge in [-0.2, -0.15) is 0 Å². The molecule has 0 saturated carbocycles. The van der Waals surface area contributed by atoms with E-state index >= 15 is 0 Å². The second kappa shape index (κ2) is 20.1. The predicted octanol–water partition coefficient (Wildman–Crippen LogP) is 3.79. The maximum Gasteiger partial charge on any atom is 0.271 e. The minimum Gasteiger partial charge on any atom is -0.364 e. The second-order valence-electron chi connectivity index (χ2n) is 15.6. The number of hydrogen-bond donors (Lipinski definition) is 5. The Balaban J connectivity index is 0.000000219. The van der Waals surface area contributed by atoms with Gasteiger partial charge in [0, 0.05) is 68.9 Å². The third kappa shape index (κ3) is 12.8. The number of carbonyl (C=O) groups is 3. The molecule has 2 aliphatic heterocycles. The lowest BCUT2D eigenvalue weighted by Gasteiger charge is -2.33. The molecule has 0 unspecified atom stereocenters. The van der Waals surface area contributed by atoms with Crippen molar-refractivity contribution in [1.29, 1.82) is 0 Å². The van der Waals surface area contributed by atoms with Crippen molar-refractivity contribution in [1.82, 2.24) is 19.9 Å². The highest BCUT2D eigenvalue weighted by Crippen LogP contribution is 2.28. The van der Waals surface area contributed by atoms with E-state index in [2.05, 4.69) is 35.5 Å². The van der Waals surface area contributed by atoms with Crippen molar-refractivity contribution in [2.75, 3.05) is 59.1 Å². The summed E-state index contributed by atoms with van der Waals surface area (Å²) in [7, 11) is -6.62. The van der Waals surface area contributed by atoms with Crippen LogP contribution < -0.4 is 37.6 Å². The molecule has 2 amide bonds. The molecule has 4 heterocycles. The highest BCUT2D eigenvalue weighted by atomic mass is 32.2. The molecule has 3 aromatic carbocycles. The van der Waals surface area contributed by atoms with Gasteiger partial charge in [-0.1, -0.05) is 30.3 Å². The van der Waals surface area contributed by atoms with E-state index in [1.54, 1.807) is 24.3 Å². The number of sulfone groups is 2. The molecular weight excluding hydrogens is 847 g/mol. The van der Waals surface area contributed by atoms with Crippen LogP contribution in [0.25, 0.3) is 0 Å². The van der Waals surface area contributed by atoms with Crippen LogP contribution in [-0.4, -0.2) is 99.1 Å². The predicted molar refractivity (Wildman–Crippen MR) is 241 cm³/mol. The van der Waals surface area contributed by atoms with Gasteiger partial charge in [0.05, 0.1) is 22.2 Å². The van der Waals surface area contributed by atoms with E-state index in [0.29, 0.717) is 48.9 Å². The van der Waals surface area contributed by atoms with Gasteiger partial charge in [0.1, 0.15) is 17.4 Å². The highest BCUT2D eigenvalue weighted by molar-refractivity contribution is 7.91. The number of carbonyl (C=O) groups excluding carboxylic acids is 3. The molecule has 0 aliphatic carbocycles. The molecule has 63 heavy (non-hydrogen) atoms. The average Bonchev–Trinajstić information content (AvgIpc) is 3.24. The fraction of sp³-hybridized carbons (Fsp3) is 0.326. The van der Waals surface area contributed by atoms with Gasteiger partial charge in [-0.05, 0) is 85.7 Å². The quantitative estimate of drug-likeness (QED) is 0.106. The summed E-state index contributed by atoms with van der Waals surface area (Å²) >= 11 is 0. The van der Waals surface area contributed by atoms with Crippen LogP contribution in [0.5, 0.6) is 0 Å². The summed E-state index contributed by atoms with van der Waals surface area (Å²) in [6, 6.07) is 22.0. The fourth-order valence-electron chi connectivity index (χ4n) is 7.32. The van der Waals surface area contributed by atoms with E-state index in [-0.39, 0.29) is 50.6 Å². The van der Waals surface area contributed by atoms with Gasteiger partial charge in [0.15, 0.2) is 42.7 Å². The van der Waals surface area contributed by atoms with Gasteiger partial charge in [-0.15, -0.1) is 0 Å². The molecule has 2 saturated heterocycles. The Bertz CT molecular complexity index is 2650. The second-order valence-corrected chi connectivity index (χ2v) is 19.7. The zero-order valence-electron chi connectivity index (χ0n) is 35.0. The minimum absolute atomic E-state index is 0.00671. The molecule has 332 valence electrons. The molecule has 2 atom stereocenters. The molecule has 0 bridgehead atoms. The number of primary amides is 2. The first-order valence-corrected chi connectivity index (χ1v) is 24.0. The normalized spacial score (nSPS) is 16.6. The first kappa shape index (κ1) is 46.0. The molecule has 2 aromatic heterocycles. The Labute approximate surface area is 366 Å². The van der Waals surface area contributed by atoms with Gasteiger partial charge in [0.2, 0.25) is 0 Å². The molecule has 2 aliphatic rings. The Hall–Kier alpha value is -6.51. The largest absolute Gasteiger partial charge is 0.364 e. The first-order chi connectivity index (χ1) is 29.9. The molecule has 20 heteroatoms. The summed E-state index contributed by atoms with van der Waals surface area (Å²) < 4.78 is 46.6. The van der Waals surface area contributed by atoms with Crippen molar-refractivity contribution < 1.29 is 31.2 Å². The SMILES string of the molecule is CS(=O)(=O)c1ccc(Nc2nc(N3CCC[C@@H](CC(=O)Cc4ccccc4)C3)cnc2C(N)=O)cc1.CS(=O)(=O)c1ccc(Nc2nc(N3CCC[C@@H](N)C3)cnc2C(N)=O)cc1. The summed E-state index contributed by atoms with van der Waals surface area (Å²) in [5, 5.41) is 6.03. The molecule has 0 spiro atoms. The van der Waals surface area contributed by atoms with E-state index in [4.69, 9.17) is 17.2 Å². The summed E-state index contributed by atoms with van der Waals surface area (Å²) in [6.45, 7) is 2.89. The van der Waals surface area contributed by atoms with E-state index < -0.39 is 31.5 Å². The number of ketones is 1. The van der Waals surface area contributed by atoms with Crippen molar-refractivity contribution >= 4 is 71.9 Å². The number of nitrogens with two attached hydrogens (primary N) is 3. The lowest BCUT2D eigenvalue weighted by atomic mass is 9.91. The van der Waals surface area contributed by atoms with E-state index in [0.717, 1.165) is 56.8 Å². The molecule has 18 nitrogen and oxygen atoms in total. The van der Waals surface area contributed by atoms with E-state index in [1.165, 1.54) is 36.7 Å². The van der Waals surface area contributed by atoms with Gasteiger partial charge < -0.3 is 37.6 Å². The van der Waals surface area contributed by atoms with Crippen LogP contribution in [0.1, 0.15) is 58.6 Å². The summed E-state index contributed by atoms with van der Waals surface area (Å²) in [5.41, 5.74) is 19.0. The van der Waals surface area contributed by atoms with Gasteiger partial charge in [-0.3, -0.25) is 14.4 Å². The smallest absolute Gasteiger partial charge is 0.271 e. The Morgan fingerprint density at radius 2 is 1.13 bits per heavy atom. The zero-order valence-corrected chi connectivity index (χ0v) is 36.6. The number of aromatic nitrogens is 4. The Morgan fingerprint density at radius 3 is 1.57 bits per heavy atom. The number of amides is 2. The van der Waals surface area contributed by atoms with Crippen molar-refractivity contribution in [3.63, 3.8) is 0 Å². The van der Waals surface area contributed by atoms with Crippen LogP contribution in [0.15, 0.2) is 101 Å². The van der Waals surface area contributed by atoms with Crippen LogP contribution in [0.2, 0.25) is 0 Å². The van der Waals surface area contributed by atoms with Crippen molar-refractivity contribution in [3.05, 3.63) is 108 Å². The van der Waals surface area contributed by atoms with Crippen LogP contribution in [0.4, 0.5) is 34.6 Å². The van der Waals surface area contributed by atoms with Crippen LogP contribution in [0, 0.1) is 5.92 Å². The third-order valence-corrected chi connectivity index (χ3v) is 12.7. The molecule has 0 radical (unpaired) electrons. The number of rotatable bonds is 14. The standard InChI is InChI=1S/C26H29N5O4S.C17H22N6O3S/c1-36(34,35)22-11-9-20(10-12-22)29-26-24(25(27)33)28-16-23(30-26)31-13-5-8-19(17-31)15-21(32)14-18-6-3-2-4-7-18;1-27(25,26)13-6-4-12(5-7-13)21-17-15(16(19)24)20-9-14(22-17)23-8-2-3-11(18)10-23/h2-4,6-7,9-12,16,19H,5,8,13-15,17H2,1H3,(H2,27,33)(H,29,30);4-7,9,11H,2-3,8,10,18H2,1H3,(H2,19,24)(H,21,22)/t19-;11-/m01/s1. The highest BCUT2D eigenvalue weighted by Gasteiger charge is 2.25. The number of nitrogens with zero attached hydrogens (tertiary/aromatic N) is 6. The monoisotopic (exact) mass is 897 g/mol. The molecule has 7 rings (SSSR count). The van der Waals surface area contributed by atoms with E-state index in [1.807, 2.05) is 35.2 Å². The number of hydrogen-bond acceptors (Lipinski definition) is 16. The van der Waals surface area contributed by atoms with E-state index in [9.17, 15) is 31.2 Å². The average molecular weight is 898 g/mol. The number of nitrogens with one attached hydrogen (secondary N) is 2. The van der Waals surface area contributed by atoms with Crippen LogP contribution >= 0.6 is 0 Å². The lowest BCUT2D eigenvalue weighted by molar-refractivity contribution is -0.119. The summed E-state index contributed by atoms with van der Waals surface area (Å²) in [6.07, 6.45) is 10.0. The zero-order chi connectivity index (χ0) is 45.3. The van der Waals surface area contributed by atoms with Crippen LogP contribution in [-0.2, 0) is 30.9 Å². The number of Topliss-reactive ketones (excluding diaryl/α,β-unsaturated/α-hetero) is 1. The molecule has 2 fully saturated rings. The Morgan fingerprint density at radius 1 is 0.667 bits per heavy atom. The molecular formula is C43H51N11O7S2. The topological polar surface area (TPSA) is 280 Å². The Kier molecular flexibility index (Phi) is 14.7. The first-order valence-electron chi connectivity index (χ1n) is 20.2. The number of anilines is 6. The van der Waals surface area contributed by atoms with Crippen molar-refractivity contribution in [2.24, 2.45) is 23.1 Å². The maximum atomic E-state index is 12.6. The van der Waals surface area contributed by atoms with Gasteiger partial charge >= 0.3 is 0 Å². The summed E-state index contributed by atoms with van der Waals surface area (Å²) in [5.74, 6) is 0.559. The maximum absolute atomic E-state index is 12.6. The molecule has 5 aromatic rings. The number of piperidine rings is 2. The molecule has 8 N–H and O–H groups in total. The van der Waals surface area contributed by atoms with Crippen LogP contribution in [0.3, 0.4) is 0 Å². The third-order valence-electron chi connectivity index (χ3n) is 10.5. The van der Waals surface area contributed by atoms with Gasteiger partial charge in [-0.25, -0.2) is 36.8 Å². The van der Waals surface area contributed by atoms with Gasteiger partial charge in [0.25, 0.3) is 11.8 Å². The minimum atomic E-state index is -3.33. The number of benzene rings is 3. The van der Waals surface area contributed by atoms with Crippen molar-refractivity contribution in [3.8, 4) is 0 Å². The van der Waals surface area contributed by atoms with Crippen molar-refractivity contribution in [2.45, 2.75) is 54.4 Å².